The van der Waals surface area contributed by atoms with Gasteiger partial charge in [0.05, 0.1) is 20.8 Å². The van der Waals surface area contributed by atoms with E-state index >= 15 is 0 Å². The predicted octanol–water partition coefficient (Wildman–Crippen LogP) is 4.63. The second-order valence-corrected chi connectivity index (χ2v) is 14.2. The van der Waals surface area contributed by atoms with Gasteiger partial charge in [0.2, 0.25) is 5.91 Å². The summed E-state index contributed by atoms with van der Waals surface area (Å²) in [6.07, 6.45) is 2.70. The van der Waals surface area contributed by atoms with E-state index in [4.69, 9.17) is 16.3 Å². The second-order valence-electron chi connectivity index (χ2n) is 11.6. The van der Waals surface area contributed by atoms with Crippen LogP contribution in [0, 0.1) is 35.2 Å². The first-order valence-corrected chi connectivity index (χ1v) is 15.8. The Labute approximate surface area is 246 Å². The average Bonchev–Trinajstić information content (AvgIpc) is 3.07. The van der Waals surface area contributed by atoms with Gasteiger partial charge in [-0.25, -0.2) is 21.6 Å². The quantitative estimate of drug-likeness (QED) is 0.385. The summed E-state index contributed by atoms with van der Waals surface area (Å²) in [5.74, 6) is -6.62. The van der Waals surface area contributed by atoms with Gasteiger partial charge in [0, 0.05) is 36.5 Å². The van der Waals surface area contributed by atoms with Crippen molar-refractivity contribution < 1.29 is 41.0 Å². The molecule has 1 aliphatic heterocycles. The molecule has 3 aliphatic rings. The molecule has 0 aromatic heterocycles. The second kappa shape index (κ2) is 11.8. The molecule has 4 unspecified atom stereocenters. The number of nitrogens with one attached hydrogen (secondary N) is 2. The highest BCUT2D eigenvalue weighted by Gasteiger charge is 2.58. The lowest BCUT2D eigenvalue weighted by Gasteiger charge is -2.43. The third-order valence-corrected chi connectivity index (χ3v) is 11.6. The van der Waals surface area contributed by atoms with Crippen LogP contribution in [0.5, 0.6) is 0 Å². The smallest absolute Gasteiger partial charge is 0.255 e. The highest BCUT2D eigenvalue weighted by Crippen LogP contribution is 2.54. The summed E-state index contributed by atoms with van der Waals surface area (Å²) in [6.45, 7) is 2.47. The van der Waals surface area contributed by atoms with E-state index in [2.05, 4.69) is 10.6 Å². The number of carbonyl (C=O) groups excluding carboxylic acids is 2. The highest BCUT2D eigenvalue weighted by molar-refractivity contribution is 7.92. The lowest BCUT2D eigenvalue weighted by Crippen LogP contribution is -2.56. The summed E-state index contributed by atoms with van der Waals surface area (Å²) in [7, 11) is -4.09. The van der Waals surface area contributed by atoms with Crippen LogP contribution in [0.1, 0.15) is 55.8 Å². The van der Waals surface area contributed by atoms with E-state index in [0.717, 1.165) is 18.9 Å². The summed E-state index contributed by atoms with van der Waals surface area (Å²) >= 11 is 6.29. The molecule has 2 saturated carbocycles. The number of carbonyl (C=O) groups is 2. The average molecular weight is 629 g/mol. The lowest BCUT2D eigenvalue weighted by molar-refractivity contribution is -0.138. The van der Waals surface area contributed by atoms with Gasteiger partial charge >= 0.3 is 0 Å². The first-order chi connectivity index (χ1) is 19.8. The molecule has 3 fully saturated rings. The number of anilines is 1. The van der Waals surface area contributed by atoms with Crippen LogP contribution in [0.25, 0.3) is 0 Å². The Morgan fingerprint density at radius 1 is 1.10 bits per heavy atom. The number of hydrogen-bond acceptors (Lipinski definition) is 6. The Bertz CT molecular complexity index is 1480. The monoisotopic (exact) mass is 628 g/mol. The van der Waals surface area contributed by atoms with E-state index < -0.39 is 62.0 Å². The number of rotatable bonds is 7. The molecule has 2 amide bonds. The molecule has 42 heavy (non-hydrogen) atoms. The highest BCUT2D eigenvalue weighted by atomic mass is 35.5. The normalized spacial score (nSPS) is 29.2. The Kier molecular flexibility index (Phi) is 8.63. The van der Waals surface area contributed by atoms with Crippen molar-refractivity contribution in [3.8, 4) is 0 Å². The molecule has 1 saturated heterocycles. The zero-order chi connectivity index (χ0) is 30.4. The number of hydrogen-bond donors (Lipinski definition) is 3. The van der Waals surface area contributed by atoms with Crippen molar-refractivity contribution in [2.45, 2.75) is 67.3 Å². The van der Waals surface area contributed by atoms with E-state index in [1.165, 1.54) is 12.1 Å². The summed E-state index contributed by atoms with van der Waals surface area (Å²) < 4.78 is 73.7. The van der Waals surface area contributed by atoms with Crippen LogP contribution in [0.4, 0.5) is 18.9 Å². The molecule has 6 atom stereocenters. The molecule has 2 aromatic rings. The molecule has 5 rings (SSSR count). The predicted molar refractivity (Wildman–Crippen MR) is 148 cm³/mol. The van der Waals surface area contributed by atoms with E-state index in [1.54, 1.807) is 0 Å². The van der Waals surface area contributed by atoms with Gasteiger partial charge < -0.3 is 20.5 Å². The molecular formula is C29H32ClF3N2O6S. The Morgan fingerprint density at radius 2 is 1.81 bits per heavy atom. The van der Waals surface area contributed by atoms with Gasteiger partial charge in [-0.3, -0.25) is 9.59 Å². The Hall–Kier alpha value is -2.67. The largest absolute Gasteiger partial charge is 0.387 e. The Balaban J connectivity index is 1.32. The molecule has 13 heteroatoms. The SMILES string of the molecule is C[C@H]1CC2CC(S(=O)(=O)c3cc(C(=O)Nc4cc(F)c(F)c(F)c4)ccc3Cl)CC1[C@@]2(O)CNC(=O)C1CCCCO1. The third-order valence-electron chi connectivity index (χ3n) is 8.95. The number of sulfone groups is 1. The summed E-state index contributed by atoms with van der Waals surface area (Å²) in [4.78, 5) is 25.2. The molecule has 2 aliphatic carbocycles. The molecule has 1 heterocycles. The number of ether oxygens (including phenoxy) is 1. The van der Waals surface area contributed by atoms with Crippen LogP contribution < -0.4 is 10.6 Å². The van der Waals surface area contributed by atoms with Gasteiger partial charge in [-0.1, -0.05) is 18.5 Å². The van der Waals surface area contributed by atoms with Gasteiger partial charge in [0.1, 0.15) is 6.10 Å². The molecule has 0 spiro atoms. The molecule has 2 bridgehead atoms. The molecule has 8 nitrogen and oxygen atoms in total. The van der Waals surface area contributed by atoms with Crippen LogP contribution in [-0.2, 0) is 19.4 Å². The minimum absolute atomic E-state index is 0.000872. The van der Waals surface area contributed by atoms with Crippen molar-refractivity contribution in [1.29, 1.82) is 0 Å². The molecule has 0 radical (unpaired) electrons. The number of aliphatic hydroxyl groups is 1. The van der Waals surface area contributed by atoms with E-state index in [-0.39, 0.29) is 52.4 Å². The number of fused-ring (bicyclic) bond motifs is 2. The molecule has 3 N–H and O–H groups in total. The van der Waals surface area contributed by atoms with E-state index in [0.29, 0.717) is 31.6 Å². The van der Waals surface area contributed by atoms with Crippen molar-refractivity contribution in [3.05, 3.63) is 58.4 Å². The maximum absolute atomic E-state index is 13.9. The topological polar surface area (TPSA) is 122 Å². The van der Waals surface area contributed by atoms with Crippen LogP contribution in [0.15, 0.2) is 35.2 Å². The first-order valence-electron chi connectivity index (χ1n) is 13.9. The van der Waals surface area contributed by atoms with Crippen molar-refractivity contribution in [3.63, 3.8) is 0 Å². The van der Waals surface area contributed by atoms with Crippen LogP contribution in [0.3, 0.4) is 0 Å². The molecule has 2 aromatic carbocycles. The maximum atomic E-state index is 13.9. The minimum atomic E-state index is -4.09. The van der Waals surface area contributed by atoms with Gasteiger partial charge in [-0.2, -0.15) is 0 Å². The number of halogens is 4. The summed E-state index contributed by atoms with van der Waals surface area (Å²) in [6, 6.07) is 4.81. The minimum Gasteiger partial charge on any atom is -0.387 e. The van der Waals surface area contributed by atoms with Gasteiger partial charge in [0.15, 0.2) is 27.3 Å². The zero-order valence-electron chi connectivity index (χ0n) is 22.8. The molecule has 228 valence electrons. The fourth-order valence-electron chi connectivity index (χ4n) is 6.74. The van der Waals surface area contributed by atoms with Gasteiger partial charge in [-0.15, -0.1) is 0 Å². The fourth-order valence-corrected chi connectivity index (χ4v) is 9.11. The maximum Gasteiger partial charge on any atom is 0.255 e. The van der Waals surface area contributed by atoms with Gasteiger partial charge in [-0.05, 0) is 74.5 Å². The van der Waals surface area contributed by atoms with Crippen LogP contribution in [-0.4, -0.2) is 55.4 Å². The van der Waals surface area contributed by atoms with E-state index in [9.17, 15) is 36.3 Å². The lowest BCUT2D eigenvalue weighted by atomic mass is 9.73. The van der Waals surface area contributed by atoms with E-state index in [1.807, 2.05) is 6.92 Å². The Morgan fingerprint density at radius 3 is 2.45 bits per heavy atom. The number of amides is 2. The summed E-state index contributed by atoms with van der Waals surface area (Å²) in [5, 5.41) is 15.8. The first kappa shape index (κ1) is 30.8. The third kappa shape index (κ3) is 5.78. The number of benzene rings is 2. The van der Waals surface area contributed by atoms with Crippen molar-refractivity contribution in [1.82, 2.24) is 5.32 Å². The van der Waals surface area contributed by atoms with Crippen molar-refractivity contribution >= 4 is 38.9 Å². The summed E-state index contributed by atoms with van der Waals surface area (Å²) in [5.41, 5.74) is -1.77. The standard InChI is InChI=1S/C29H32ClF3N2O6S/c1-15-8-17-10-19(13-20(15)29(17,38)14-34-28(37)24-4-2-3-7-41-24)42(39,40)25-9-16(5-6-21(25)30)27(36)35-18-11-22(31)26(33)23(32)12-18/h5-6,9,11-12,15,17,19-20,24,38H,2-4,7-8,10,13-14H2,1H3,(H,34,37)(H,35,36)/t15-,17?,19?,20?,24?,29+/m0/s1. The fraction of sp³-hybridized carbons (Fsp3) is 0.517. The molecular weight excluding hydrogens is 597 g/mol. The van der Waals surface area contributed by atoms with Gasteiger partial charge in [0.25, 0.3) is 5.91 Å². The van der Waals surface area contributed by atoms with Crippen molar-refractivity contribution in [2.75, 3.05) is 18.5 Å². The van der Waals surface area contributed by atoms with Crippen LogP contribution in [0.2, 0.25) is 5.02 Å². The van der Waals surface area contributed by atoms with Crippen LogP contribution >= 0.6 is 11.6 Å². The zero-order valence-corrected chi connectivity index (χ0v) is 24.4. The van der Waals surface area contributed by atoms with Crippen molar-refractivity contribution in [2.24, 2.45) is 17.8 Å².